The summed E-state index contributed by atoms with van der Waals surface area (Å²) in [6, 6.07) is 0. The van der Waals surface area contributed by atoms with Crippen LogP contribution in [0.2, 0.25) is 0 Å². The number of rotatable bonds is 2. The average Bonchev–Trinajstić information content (AvgIpc) is 1.84. The molecule has 0 fully saturated rings. The van der Waals surface area contributed by atoms with Gasteiger partial charge >= 0.3 is 0 Å². The third kappa shape index (κ3) is 3.43. The first-order chi connectivity index (χ1) is 3.72. The summed E-state index contributed by atoms with van der Waals surface area (Å²) in [6.45, 7) is 0. The molecule has 0 spiro atoms. The summed E-state index contributed by atoms with van der Waals surface area (Å²) in [5.74, 6) is 1.45. The van der Waals surface area contributed by atoms with E-state index >= 15 is 0 Å². The normalized spacial score (nSPS) is 13.5. The number of hydrogen-bond acceptors (Lipinski definition) is 2. The molecule has 0 saturated heterocycles. The van der Waals surface area contributed by atoms with E-state index in [1.807, 2.05) is 0 Å². The number of halogens is 2. The molecule has 4 heteroatoms. The first kappa shape index (κ1) is 9.40. The maximum atomic E-state index is 4.04. The second kappa shape index (κ2) is 5.21. The van der Waals surface area contributed by atoms with E-state index in [2.05, 4.69) is 57.1 Å². The zero-order chi connectivity index (χ0) is 6.57. The third-order valence-corrected chi connectivity index (χ3v) is 4.12. The van der Waals surface area contributed by atoms with Crippen LogP contribution in [-0.4, -0.2) is 11.5 Å². The van der Waals surface area contributed by atoms with Gasteiger partial charge in [-0.25, -0.2) is 0 Å². The fourth-order valence-corrected chi connectivity index (χ4v) is 1.27. The molecule has 0 rings (SSSR count). The van der Waals surface area contributed by atoms with Crippen LogP contribution in [0.25, 0.3) is 0 Å². The van der Waals surface area contributed by atoms with E-state index in [4.69, 9.17) is 0 Å². The van der Waals surface area contributed by atoms with Gasteiger partial charge in [0, 0.05) is 20.5 Å². The van der Waals surface area contributed by atoms with E-state index in [1.165, 1.54) is 0 Å². The molecule has 0 aliphatic carbocycles. The van der Waals surface area contributed by atoms with E-state index in [-0.39, 0.29) is 0 Å². The van der Waals surface area contributed by atoms with Crippen LogP contribution in [0.5, 0.6) is 0 Å². The molecule has 0 heterocycles. The van der Waals surface area contributed by atoms with Gasteiger partial charge in [0.15, 0.2) is 0 Å². The van der Waals surface area contributed by atoms with Crippen molar-refractivity contribution in [2.75, 3.05) is 11.5 Å². The predicted molar refractivity (Wildman–Crippen MR) is 52.6 cm³/mol. The van der Waals surface area contributed by atoms with Gasteiger partial charge in [-0.2, -0.15) is 25.3 Å². The van der Waals surface area contributed by atoms with Crippen molar-refractivity contribution in [2.45, 2.75) is 0 Å². The minimum atomic E-state index is 0.723. The minimum Gasteiger partial charge on any atom is -0.174 e. The Hall–Kier alpha value is 1.40. The van der Waals surface area contributed by atoms with Crippen LogP contribution in [0.1, 0.15) is 0 Å². The van der Waals surface area contributed by atoms with Gasteiger partial charge in [-0.05, 0) is 0 Å². The molecule has 0 aromatic rings. The van der Waals surface area contributed by atoms with Crippen LogP contribution in [0.3, 0.4) is 0 Å². The number of hydrogen-bond donors (Lipinski definition) is 2. The van der Waals surface area contributed by atoms with E-state index in [0.717, 1.165) is 20.5 Å². The summed E-state index contributed by atoms with van der Waals surface area (Å²) < 4.78 is 2.13. The fourth-order valence-electron chi connectivity index (χ4n) is 0.172. The Morgan fingerprint density at radius 3 is 1.38 bits per heavy atom. The maximum absolute atomic E-state index is 4.04. The van der Waals surface area contributed by atoms with Gasteiger partial charge in [0.1, 0.15) is 0 Å². The predicted octanol–water partition coefficient (Wildman–Crippen LogP) is 2.85. The van der Waals surface area contributed by atoms with Crippen molar-refractivity contribution in [3.05, 3.63) is 8.96 Å². The molecule has 0 atom stereocenters. The lowest BCUT2D eigenvalue weighted by atomic mass is 10.6. The molecule has 0 N–H and O–H groups in total. The van der Waals surface area contributed by atoms with Crippen molar-refractivity contribution in [1.82, 2.24) is 0 Å². The van der Waals surface area contributed by atoms with Crippen molar-refractivity contribution in [3.8, 4) is 0 Å². The minimum absolute atomic E-state index is 0.723. The molecule has 0 nitrogen and oxygen atoms in total. The van der Waals surface area contributed by atoms with Crippen molar-refractivity contribution in [3.63, 3.8) is 0 Å². The van der Waals surface area contributed by atoms with Crippen LogP contribution in [0.15, 0.2) is 8.96 Å². The van der Waals surface area contributed by atoms with Gasteiger partial charge < -0.3 is 0 Å². The van der Waals surface area contributed by atoms with Crippen LogP contribution >= 0.6 is 57.1 Å². The topological polar surface area (TPSA) is 0 Å². The van der Waals surface area contributed by atoms with Crippen LogP contribution < -0.4 is 0 Å². The van der Waals surface area contributed by atoms with Crippen LogP contribution in [-0.2, 0) is 0 Å². The Morgan fingerprint density at radius 1 is 1.00 bits per heavy atom. The Bertz CT molecular complexity index is 88.2. The quantitative estimate of drug-likeness (QED) is 0.713. The molecule has 0 aromatic carbocycles. The SMILES string of the molecule is SCC(Br)=C(Br)CS. The highest BCUT2D eigenvalue weighted by molar-refractivity contribution is 9.14. The van der Waals surface area contributed by atoms with E-state index in [1.54, 1.807) is 0 Å². The smallest absolute Gasteiger partial charge is 0.0228 e. The monoisotopic (exact) mass is 276 g/mol. The van der Waals surface area contributed by atoms with Crippen LogP contribution in [0, 0.1) is 0 Å². The van der Waals surface area contributed by atoms with Crippen LogP contribution in [0.4, 0.5) is 0 Å². The highest BCUT2D eigenvalue weighted by Crippen LogP contribution is 2.19. The summed E-state index contributed by atoms with van der Waals surface area (Å²) in [5, 5.41) is 0. The van der Waals surface area contributed by atoms with Crippen molar-refractivity contribution in [2.24, 2.45) is 0 Å². The second-order valence-corrected chi connectivity index (χ2v) is 3.67. The summed E-state index contributed by atoms with van der Waals surface area (Å²) >= 11 is 14.7. The molecule has 48 valence electrons. The highest BCUT2D eigenvalue weighted by atomic mass is 79.9. The summed E-state index contributed by atoms with van der Waals surface area (Å²) in [6.07, 6.45) is 0. The summed E-state index contributed by atoms with van der Waals surface area (Å²) in [4.78, 5) is 0. The zero-order valence-corrected chi connectivity index (χ0v) is 9.03. The Labute approximate surface area is 77.2 Å². The average molecular weight is 278 g/mol. The number of thiol groups is 2. The van der Waals surface area contributed by atoms with Crippen molar-refractivity contribution < 1.29 is 0 Å². The molecule has 0 aliphatic heterocycles. The molecule has 0 radical (unpaired) electrons. The lowest BCUT2D eigenvalue weighted by Gasteiger charge is -1.94. The van der Waals surface area contributed by atoms with Gasteiger partial charge in [0.2, 0.25) is 0 Å². The fraction of sp³-hybridized carbons (Fsp3) is 0.500. The van der Waals surface area contributed by atoms with Gasteiger partial charge in [-0.3, -0.25) is 0 Å². The third-order valence-electron chi connectivity index (χ3n) is 0.572. The molecule has 0 bridgehead atoms. The largest absolute Gasteiger partial charge is 0.174 e. The standard InChI is InChI=1S/C4H6Br2S2/c5-3(1-7)4(6)2-8/h7-8H,1-2H2. The van der Waals surface area contributed by atoms with Gasteiger partial charge in [0.25, 0.3) is 0 Å². The summed E-state index contributed by atoms with van der Waals surface area (Å²) in [7, 11) is 0. The summed E-state index contributed by atoms with van der Waals surface area (Å²) in [5.41, 5.74) is 0. The van der Waals surface area contributed by atoms with Crippen molar-refractivity contribution >= 4 is 57.1 Å². The Morgan fingerprint density at radius 2 is 1.25 bits per heavy atom. The second-order valence-electron chi connectivity index (χ2n) is 1.13. The molecule has 0 aromatic heterocycles. The molecule has 8 heavy (non-hydrogen) atoms. The first-order valence-electron chi connectivity index (χ1n) is 1.97. The Kier molecular flexibility index (Phi) is 6.12. The Balaban J connectivity index is 3.83. The highest BCUT2D eigenvalue weighted by Gasteiger charge is 1.93. The van der Waals surface area contributed by atoms with Gasteiger partial charge in [0.05, 0.1) is 0 Å². The molecular formula is C4H6Br2S2. The molecule has 0 aliphatic rings. The lowest BCUT2D eigenvalue weighted by Crippen LogP contribution is -1.78. The van der Waals surface area contributed by atoms with E-state index < -0.39 is 0 Å². The molecular weight excluding hydrogens is 272 g/mol. The zero-order valence-electron chi connectivity index (χ0n) is 4.06. The van der Waals surface area contributed by atoms with Crippen molar-refractivity contribution in [1.29, 1.82) is 0 Å². The van der Waals surface area contributed by atoms with Gasteiger partial charge in [-0.15, -0.1) is 0 Å². The molecule has 0 unspecified atom stereocenters. The molecule has 0 amide bonds. The lowest BCUT2D eigenvalue weighted by molar-refractivity contribution is 1.63. The van der Waals surface area contributed by atoms with E-state index in [9.17, 15) is 0 Å². The van der Waals surface area contributed by atoms with E-state index in [0.29, 0.717) is 0 Å². The van der Waals surface area contributed by atoms with Gasteiger partial charge in [-0.1, -0.05) is 31.9 Å². The maximum Gasteiger partial charge on any atom is 0.0228 e. The first-order valence-corrected chi connectivity index (χ1v) is 4.82. The molecule has 0 saturated carbocycles.